The van der Waals surface area contributed by atoms with Gasteiger partial charge in [0.25, 0.3) is 11.8 Å². The Balaban J connectivity index is 1.44. The number of hydrogen-bond acceptors (Lipinski definition) is 5. The van der Waals surface area contributed by atoms with E-state index in [1.54, 1.807) is 12.1 Å². The van der Waals surface area contributed by atoms with Gasteiger partial charge in [0.15, 0.2) is 11.5 Å². The molecule has 5 rings (SSSR count). The summed E-state index contributed by atoms with van der Waals surface area (Å²) in [5.41, 5.74) is 1.39. The number of nitrogens with zero attached hydrogens (tertiary/aromatic N) is 1. The molecule has 1 saturated heterocycles. The Kier molecular flexibility index (Phi) is 7.10. The fourth-order valence-corrected chi connectivity index (χ4v) is 4.96. The van der Waals surface area contributed by atoms with Gasteiger partial charge in [-0.1, -0.05) is 42.5 Å². The molecular formula is C29H20FIN2O5. The van der Waals surface area contributed by atoms with E-state index in [0.717, 1.165) is 33.4 Å². The van der Waals surface area contributed by atoms with E-state index in [2.05, 4.69) is 27.9 Å². The van der Waals surface area contributed by atoms with Crippen LogP contribution in [0.1, 0.15) is 11.1 Å². The van der Waals surface area contributed by atoms with Gasteiger partial charge in [-0.05, 0) is 87.0 Å². The van der Waals surface area contributed by atoms with E-state index in [0.29, 0.717) is 27.2 Å². The number of hydrogen-bond donors (Lipinski definition) is 1. The normalized spacial score (nSPS) is 14.7. The third-order valence-corrected chi connectivity index (χ3v) is 6.80. The number of anilines is 1. The molecule has 0 saturated carbocycles. The van der Waals surface area contributed by atoms with E-state index in [1.165, 1.54) is 25.3 Å². The number of carbonyl (C=O) groups is 3. The first-order chi connectivity index (χ1) is 18.4. The molecule has 4 aromatic rings. The van der Waals surface area contributed by atoms with Gasteiger partial charge in [0.2, 0.25) is 0 Å². The number of amides is 4. The second-order valence-corrected chi connectivity index (χ2v) is 9.56. The zero-order valence-electron chi connectivity index (χ0n) is 20.0. The summed E-state index contributed by atoms with van der Waals surface area (Å²) < 4.78 is 25.8. The van der Waals surface area contributed by atoms with Crippen molar-refractivity contribution in [3.8, 4) is 11.5 Å². The van der Waals surface area contributed by atoms with Crippen LogP contribution >= 0.6 is 22.6 Å². The Hall–Kier alpha value is -4.25. The predicted octanol–water partition coefficient (Wildman–Crippen LogP) is 5.84. The van der Waals surface area contributed by atoms with Crippen LogP contribution in [0.25, 0.3) is 16.8 Å². The van der Waals surface area contributed by atoms with Gasteiger partial charge in [-0.25, -0.2) is 14.1 Å². The van der Waals surface area contributed by atoms with Gasteiger partial charge >= 0.3 is 6.03 Å². The highest BCUT2D eigenvalue weighted by molar-refractivity contribution is 14.1. The molecule has 0 bridgehead atoms. The van der Waals surface area contributed by atoms with Crippen LogP contribution in [-0.4, -0.2) is 25.0 Å². The van der Waals surface area contributed by atoms with Crippen molar-refractivity contribution in [2.45, 2.75) is 6.61 Å². The first kappa shape index (κ1) is 25.4. The second-order valence-electron chi connectivity index (χ2n) is 8.40. The maximum Gasteiger partial charge on any atom is 0.335 e. The molecule has 0 unspecified atom stereocenters. The quantitative estimate of drug-likeness (QED) is 0.166. The zero-order valence-corrected chi connectivity index (χ0v) is 22.2. The van der Waals surface area contributed by atoms with E-state index in [1.807, 2.05) is 42.5 Å². The highest BCUT2D eigenvalue weighted by Crippen LogP contribution is 2.36. The topological polar surface area (TPSA) is 84.9 Å². The van der Waals surface area contributed by atoms with Crippen molar-refractivity contribution in [2.75, 3.05) is 12.0 Å². The van der Waals surface area contributed by atoms with Crippen molar-refractivity contribution in [3.05, 3.63) is 105 Å². The number of rotatable bonds is 6. The predicted molar refractivity (Wildman–Crippen MR) is 149 cm³/mol. The Morgan fingerprint density at radius 2 is 1.71 bits per heavy atom. The van der Waals surface area contributed by atoms with Crippen LogP contribution in [0, 0.1) is 9.39 Å². The van der Waals surface area contributed by atoms with Crippen molar-refractivity contribution in [3.63, 3.8) is 0 Å². The van der Waals surface area contributed by atoms with Gasteiger partial charge in [0.1, 0.15) is 18.0 Å². The monoisotopic (exact) mass is 622 g/mol. The molecule has 9 heteroatoms. The van der Waals surface area contributed by atoms with Crippen molar-refractivity contribution in [2.24, 2.45) is 0 Å². The first-order valence-corrected chi connectivity index (χ1v) is 12.6. The number of ether oxygens (including phenoxy) is 2. The van der Waals surface area contributed by atoms with Crippen molar-refractivity contribution < 1.29 is 28.2 Å². The highest BCUT2D eigenvalue weighted by Gasteiger charge is 2.36. The van der Waals surface area contributed by atoms with Crippen molar-refractivity contribution in [1.29, 1.82) is 0 Å². The minimum Gasteiger partial charge on any atom is -0.493 e. The average molecular weight is 622 g/mol. The highest BCUT2D eigenvalue weighted by atomic mass is 127. The molecule has 1 fully saturated rings. The lowest BCUT2D eigenvalue weighted by atomic mass is 10.1. The Morgan fingerprint density at radius 1 is 0.974 bits per heavy atom. The summed E-state index contributed by atoms with van der Waals surface area (Å²) in [4.78, 5) is 38.9. The summed E-state index contributed by atoms with van der Waals surface area (Å²) >= 11 is 2.10. The van der Waals surface area contributed by atoms with Crippen LogP contribution in [0.5, 0.6) is 11.5 Å². The molecule has 1 heterocycles. The molecule has 0 radical (unpaired) electrons. The summed E-state index contributed by atoms with van der Waals surface area (Å²) in [7, 11) is 1.50. The van der Waals surface area contributed by atoms with Crippen molar-refractivity contribution >= 4 is 63.0 Å². The molecule has 38 heavy (non-hydrogen) atoms. The third kappa shape index (κ3) is 4.97. The van der Waals surface area contributed by atoms with Gasteiger partial charge in [-0.3, -0.25) is 14.9 Å². The molecule has 4 amide bonds. The van der Waals surface area contributed by atoms with Crippen LogP contribution in [0.15, 0.2) is 84.4 Å². The van der Waals surface area contributed by atoms with Crippen molar-refractivity contribution in [1.82, 2.24) is 5.32 Å². The van der Waals surface area contributed by atoms with Crippen LogP contribution in [0.3, 0.4) is 0 Å². The number of benzene rings is 4. The summed E-state index contributed by atoms with van der Waals surface area (Å²) in [5, 5.41) is 4.36. The van der Waals surface area contributed by atoms with Crippen LogP contribution in [0.2, 0.25) is 0 Å². The number of imide groups is 2. The average Bonchev–Trinajstić information content (AvgIpc) is 2.91. The number of carbonyl (C=O) groups excluding carboxylic acids is 3. The Bertz CT molecular complexity index is 1610. The maximum absolute atomic E-state index is 13.3. The van der Waals surface area contributed by atoms with Gasteiger partial charge in [0.05, 0.1) is 16.4 Å². The van der Waals surface area contributed by atoms with Gasteiger partial charge in [-0.15, -0.1) is 0 Å². The molecule has 0 spiro atoms. The number of nitrogens with one attached hydrogen (secondary N) is 1. The van der Waals surface area contributed by atoms with E-state index < -0.39 is 23.7 Å². The van der Waals surface area contributed by atoms with Gasteiger partial charge < -0.3 is 9.47 Å². The van der Waals surface area contributed by atoms with Crippen LogP contribution in [0.4, 0.5) is 14.9 Å². The molecular weight excluding hydrogens is 602 g/mol. The summed E-state index contributed by atoms with van der Waals surface area (Å²) in [5.74, 6) is -1.24. The third-order valence-electron chi connectivity index (χ3n) is 6.00. The number of methoxy groups -OCH3 is 1. The maximum atomic E-state index is 13.3. The molecule has 1 N–H and O–H groups in total. The minimum absolute atomic E-state index is 0.136. The van der Waals surface area contributed by atoms with E-state index in [4.69, 9.17) is 9.47 Å². The van der Waals surface area contributed by atoms with Gasteiger partial charge in [-0.2, -0.15) is 0 Å². The first-order valence-electron chi connectivity index (χ1n) is 11.5. The minimum atomic E-state index is -0.909. The van der Waals surface area contributed by atoms with E-state index in [-0.39, 0.29) is 11.3 Å². The number of fused-ring (bicyclic) bond motifs is 1. The SMILES string of the molecule is COc1cc(/C=C2\C(=O)NC(=O)N(c3ccc(F)cc3)C2=O)cc(I)c1OCc1cccc2ccccc12. The Labute approximate surface area is 231 Å². The summed E-state index contributed by atoms with van der Waals surface area (Å²) in [6.45, 7) is 0.309. The molecule has 4 aromatic carbocycles. The zero-order chi connectivity index (χ0) is 26.8. The molecule has 0 atom stereocenters. The lowest BCUT2D eigenvalue weighted by Gasteiger charge is -2.26. The molecule has 0 aromatic heterocycles. The van der Waals surface area contributed by atoms with Crippen LogP contribution in [-0.2, 0) is 16.2 Å². The fraction of sp³-hybridized carbons (Fsp3) is 0.0690. The lowest BCUT2D eigenvalue weighted by Crippen LogP contribution is -2.54. The molecule has 0 aliphatic carbocycles. The Morgan fingerprint density at radius 3 is 2.47 bits per heavy atom. The molecule has 190 valence electrons. The van der Waals surface area contributed by atoms with E-state index >= 15 is 0 Å². The van der Waals surface area contributed by atoms with Crippen LogP contribution < -0.4 is 19.7 Å². The lowest BCUT2D eigenvalue weighted by molar-refractivity contribution is -0.122. The number of urea groups is 1. The van der Waals surface area contributed by atoms with Gasteiger partial charge in [0, 0.05) is 0 Å². The summed E-state index contributed by atoms with van der Waals surface area (Å²) in [6.07, 6.45) is 1.37. The summed E-state index contributed by atoms with van der Waals surface area (Å²) in [6, 6.07) is 21.4. The second kappa shape index (κ2) is 10.6. The van der Waals surface area contributed by atoms with E-state index in [9.17, 15) is 18.8 Å². The molecule has 1 aliphatic heterocycles. The smallest absolute Gasteiger partial charge is 0.335 e. The number of barbiturate groups is 1. The molecule has 7 nitrogen and oxygen atoms in total. The standard InChI is InChI=1S/C29H20FIN2O5/c1-37-25-15-17(13-23-27(34)32-29(36)33(28(23)35)21-11-9-20(30)10-12-21)14-24(31)26(25)38-16-19-7-4-6-18-5-2-3-8-22(18)19/h2-15H,16H2,1H3,(H,32,34,36)/b23-13+. The number of halogens is 2. The fourth-order valence-electron chi connectivity index (χ4n) is 4.18. The largest absolute Gasteiger partial charge is 0.493 e. The molecule has 1 aliphatic rings.